The molecular weight excluding hydrogens is 462 g/mol. The van der Waals surface area contributed by atoms with Gasteiger partial charge in [0.2, 0.25) is 0 Å². The second kappa shape index (κ2) is 29.8. The molecule has 0 radical (unpaired) electrons. The molecule has 0 spiro atoms. The summed E-state index contributed by atoms with van der Waals surface area (Å²) in [5, 5.41) is 9.85. The molecule has 1 atom stereocenters. The maximum Gasteiger partial charge on any atom is 0.0809 e. The van der Waals surface area contributed by atoms with Crippen molar-refractivity contribution in [3.63, 3.8) is 0 Å². The van der Waals surface area contributed by atoms with Crippen LogP contribution in [0.3, 0.4) is 0 Å². The Labute approximate surface area is 235 Å². The van der Waals surface area contributed by atoms with Crippen LogP contribution in [0.1, 0.15) is 181 Å². The number of hydrogen-bond acceptors (Lipinski definition) is 1. The first-order valence-electron chi connectivity index (χ1n) is 16.6. The fourth-order valence-electron chi connectivity index (χ4n) is 5.50. The lowest BCUT2D eigenvalue weighted by Gasteiger charge is -2.35. The van der Waals surface area contributed by atoms with Gasteiger partial charge in [-0.15, -0.1) is 0 Å². The number of nitrogens with zero attached hydrogens (tertiary/aromatic N) is 1. The molecule has 220 valence electrons. The van der Waals surface area contributed by atoms with Gasteiger partial charge in [0.1, 0.15) is 0 Å². The van der Waals surface area contributed by atoms with Gasteiger partial charge in [-0.25, -0.2) is 0 Å². The Bertz CT molecular complexity index is 373. The molecule has 36 heavy (non-hydrogen) atoms. The van der Waals surface area contributed by atoms with Crippen LogP contribution in [0.25, 0.3) is 0 Å². The van der Waals surface area contributed by atoms with Gasteiger partial charge in [-0.3, -0.25) is 0 Å². The smallest absolute Gasteiger partial charge is 0.0809 e. The van der Waals surface area contributed by atoms with Crippen LogP contribution in [0.15, 0.2) is 0 Å². The zero-order chi connectivity index (χ0) is 25.9. The summed E-state index contributed by atoms with van der Waals surface area (Å²) in [6.45, 7) is 10.3. The van der Waals surface area contributed by atoms with E-state index in [1.54, 1.807) is 0 Å². The first-order chi connectivity index (χ1) is 17.0. The Hall–Kier alpha value is 0.210. The van der Waals surface area contributed by atoms with E-state index in [9.17, 15) is 5.11 Å². The summed E-state index contributed by atoms with van der Waals surface area (Å²) < 4.78 is 1.18. The molecule has 0 rings (SSSR count). The Balaban J connectivity index is 0. The zero-order valence-electron chi connectivity index (χ0n) is 25.6. The SMILES string of the molecule is CCCCCCCCCCCCCC[N+](C)(CCCCCCCCCCCCCC)CCC(C)O.[Cl-]. The summed E-state index contributed by atoms with van der Waals surface area (Å²) in [6.07, 6.45) is 35.0. The zero-order valence-corrected chi connectivity index (χ0v) is 26.4. The molecule has 0 aromatic carbocycles. The molecular formula is C33H70ClNO. The van der Waals surface area contributed by atoms with Crippen LogP contribution in [0.4, 0.5) is 0 Å². The maximum atomic E-state index is 9.85. The molecule has 0 aliphatic rings. The van der Waals surface area contributed by atoms with Crippen LogP contribution in [0.5, 0.6) is 0 Å². The maximum absolute atomic E-state index is 9.85. The van der Waals surface area contributed by atoms with E-state index in [2.05, 4.69) is 20.9 Å². The van der Waals surface area contributed by atoms with Crippen LogP contribution in [0.2, 0.25) is 0 Å². The number of aliphatic hydroxyl groups excluding tert-OH is 1. The average Bonchev–Trinajstić information content (AvgIpc) is 2.84. The van der Waals surface area contributed by atoms with E-state index in [1.165, 1.54) is 172 Å². The average molecular weight is 532 g/mol. The molecule has 1 unspecified atom stereocenters. The normalized spacial score (nSPS) is 12.6. The minimum atomic E-state index is -0.156. The number of rotatable bonds is 29. The van der Waals surface area contributed by atoms with Crippen molar-refractivity contribution in [3.05, 3.63) is 0 Å². The van der Waals surface area contributed by atoms with Gasteiger partial charge < -0.3 is 22.0 Å². The van der Waals surface area contributed by atoms with E-state index < -0.39 is 0 Å². The standard InChI is InChI=1S/C33H70NO.ClH/c1-5-7-9-11-13-15-17-19-21-23-25-27-30-34(4,32-29-33(3)35)31-28-26-24-22-20-18-16-14-12-10-8-6-2;/h33,35H,5-32H2,1-4H3;1H/q+1;/p-1. The van der Waals surface area contributed by atoms with Crippen molar-refractivity contribution in [2.75, 3.05) is 26.7 Å². The van der Waals surface area contributed by atoms with E-state index >= 15 is 0 Å². The highest BCUT2D eigenvalue weighted by Gasteiger charge is 2.21. The van der Waals surface area contributed by atoms with Crippen molar-refractivity contribution in [2.45, 2.75) is 187 Å². The molecule has 3 heteroatoms. The van der Waals surface area contributed by atoms with Crippen LogP contribution < -0.4 is 12.4 Å². The van der Waals surface area contributed by atoms with E-state index in [4.69, 9.17) is 0 Å². The van der Waals surface area contributed by atoms with E-state index in [1.807, 2.05) is 6.92 Å². The lowest BCUT2D eigenvalue weighted by molar-refractivity contribution is -0.910. The quantitative estimate of drug-likeness (QED) is 0.0777. The van der Waals surface area contributed by atoms with Gasteiger partial charge in [0.25, 0.3) is 0 Å². The monoisotopic (exact) mass is 532 g/mol. The Morgan fingerprint density at radius 3 is 0.944 bits per heavy atom. The van der Waals surface area contributed by atoms with Crippen LogP contribution in [-0.2, 0) is 0 Å². The third-order valence-electron chi connectivity index (χ3n) is 8.19. The van der Waals surface area contributed by atoms with Gasteiger partial charge in [-0.2, -0.15) is 0 Å². The molecule has 0 aliphatic heterocycles. The molecule has 0 saturated heterocycles. The highest BCUT2D eigenvalue weighted by atomic mass is 35.5. The van der Waals surface area contributed by atoms with Crippen molar-refractivity contribution in [3.8, 4) is 0 Å². The number of unbranched alkanes of at least 4 members (excludes halogenated alkanes) is 22. The third-order valence-corrected chi connectivity index (χ3v) is 8.19. The Morgan fingerprint density at radius 1 is 0.444 bits per heavy atom. The third kappa shape index (κ3) is 28.8. The van der Waals surface area contributed by atoms with Crippen molar-refractivity contribution >= 4 is 0 Å². The largest absolute Gasteiger partial charge is 1.00 e. The van der Waals surface area contributed by atoms with Gasteiger partial charge in [0, 0.05) is 6.42 Å². The highest BCUT2D eigenvalue weighted by Crippen LogP contribution is 2.17. The van der Waals surface area contributed by atoms with Gasteiger partial charge in [0.15, 0.2) is 0 Å². The van der Waals surface area contributed by atoms with Crippen LogP contribution >= 0.6 is 0 Å². The second-order valence-electron chi connectivity index (χ2n) is 12.2. The Morgan fingerprint density at radius 2 is 0.694 bits per heavy atom. The van der Waals surface area contributed by atoms with Crippen molar-refractivity contribution in [1.82, 2.24) is 0 Å². The summed E-state index contributed by atoms with van der Waals surface area (Å²) in [5.41, 5.74) is 0. The summed E-state index contributed by atoms with van der Waals surface area (Å²) >= 11 is 0. The molecule has 0 amide bonds. The first-order valence-corrected chi connectivity index (χ1v) is 16.6. The predicted molar refractivity (Wildman–Crippen MR) is 159 cm³/mol. The number of quaternary nitrogens is 1. The summed E-state index contributed by atoms with van der Waals surface area (Å²) in [7, 11) is 2.46. The number of hydrogen-bond donors (Lipinski definition) is 1. The summed E-state index contributed by atoms with van der Waals surface area (Å²) in [6, 6.07) is 0. The lowest BCUT2D eigenvalue weighted by Crippen LogP contribution is -3.00. The topological polar surface area (TPSA) is 20.2 Å². The van der Waals surface area contributed by atoms with Crippen molar-refractivity contribution in [2.24, 2.45) is 0 Å². The molecule has 0 heterocycles. The first kappa shape index (κ1) is 38.4. The highest BCUT2D eigenvalue weighted by molar-refractivity contribution is 4.53. The van der Waals surface area contributed by atoms with E-state index in [0.29, 0.717) is 0 Å². The Kier molecular flexibility index (Phi) is 31.7. The molecule has 0 saturated carbocycles. The molecule has 0 aromatic rings. The predicted octanol–water partition coefficient (Wildman–Crippen LogP) is 7.61. The van der Waals surface area contributed by atoms with Gasteiger partial charge in [-0.1, -0.05) is 142 Å². The van der Waals surface area contributed by atoms with Crippen molar-refractivity contribution < 1.29 is 22.0 Å². The van der Waals surface area contributed by atoms with Gasteiger partial charge in [0.05, 0.1) is 32.8 Å². The second-order valence-corrected chi connectivity index (χ2v) is 12.2. The van der Waals surface area contributed by atoms with Gasteiger partial charge in [-0.05, 0) is 32.6 Å². The molecule has 2 nitrogen and oxygen atoms in total. The summed E-state index contributed by atoms with van der Waals surface area (Å²) in [5.74, 6) is 0. The molecule has 0 fully saturated rings. The van der Waals surface area contributed by atoms with Gasteiger partial charge >= 0.3 is 0 Å². The molecule has 0 aliphatic carbocycles. The van der Waals surface area contributed by atoms with Crippen LogP contribution in [0, 0.1) is 0 Å². The van der Waals surface area contributed by atoms with Crippen LogP contribution in [-0.4, -0.2) is 42.4 Å². The minimum absolute atomic E-state index is 0. The minimum Gasteiger partial charge on any atom is -1.00 e. The van der Waals surface area contributed by atoms with E-state index in [-0.39, 0.29) is 18.5 Å². The number of halogens is 1. The number of aliphatic hydroxyl groups is 1. The summed E-state index contributed by atoms with van der Waals surface area (Å²) in [4.78, 5) is 0. The molecule has 0 aromatic heterocycles. The van der Waals surface area contributed by atoms with E-state index in [0.717, 1.165) is 13.0 Å². The van der Waals surface area contributed by atoms with Crippen molar-refractivity contribution in [1.29, 1.82) is 0 Å². The lowest BCUT2D eigenvalue weighted by atomic mass is 10.0. The fourth-order valence-corrected chi connectivity index (χ4v) is 5.50. The molecule has 0 bridgehead atoms. The molecule has 1 N–H and O–H groups in total. The fraction of sp³-hybridized carbons (Fsp3) is 1.00.